The van der Waals surface area contributed by atoms with Gasteiger partial charge in [0.25, 0.3) is 0 Å². The van der Waals surface area contributed by atoms with Crippen LogP contribution in [0.4, 0.5) is 0 Å². The molecular weight excluding hydrogens is 211 g/mol. The first kappa shape index (κ1) is 15.0. The number of rotatable bonds is 6. The Labute approximate surface area is 108 Å². The fourth-order valence-corrected chi connectivity index (χ4v) is 2.27. The van der Waals surface area contributed by atoms with Crippen LogP contribution in [-0.4, -0.2) is 18.3 Å². The third-order valence-electron chi connectivity index (χ3n) is 4.36. The summed E-state index contributed by atoms with van der Waals surface area (Å²) >= 11 is 0. The molecule has 1 atom stereocenters. The summed E-state index contributed by atoms with van der Waals surface area (Å²) in [5.74, 6) is 0.544. The number of hydrogen-bond acceptors (Lipinski definition) is 2. The molecule has 1 aliphatic heterocycles. The molecule has 0 radical (unpaired) electrons. The second-order valence-electron chi connectivity index (χ2n) is 6.29. The standard InChI is InChI=1S/C14H29BO2/c1-7-9-10-11-12(8-2)15-16-13(3,4)14(5,6)17-15/h12H,7-11H2,1-6H3. The highest BCUT2D eigenvalue weighted by molar-refractivity contribution is 6.47. The van der Waals surface area contributed by atoms with Crippen LogP contribution in [0.3, 0.4) is 0 Å². The van der Waals surface area contributed by atoms with Gasteiger partial charge in [-0.3, -0.25) is 0 Å². The maximum absolute atomic E-state index is 6.13. The van der Waals surface area contributed by atoms with Crippen molar-refractivity contribution in [2.24, 2.45) is 0 Å². The molecule has 0 aliphatic carbocycles. The largest absolute Gasteiger partial charge is 0.461 e. The Morgan fingerprint density at radius 2 is 1.47 bits per heavy atom. The van der Waals surface area contributed by atoms with Crippen molar-refractivity contribution in [3.63, 3.8) is 0 Å². The van der Waals surface area contributed by atoms with Crippen molar-refractivity contribution in [1.29, 1.82) is 0 Å². The van der Waals surface area contributed by atoms with E-state index in [1.54, 1.807) is 0 Å². The second kappa shape index (κ2) is 5.75. The van der Waals surface area contributed by atoms with E-state index in [4.69, 9.17) is 9.31 Å². The lowest BCUT2D eigenvalue weighted by atomic mass is 9.68. The first-order chi connectivity index (χ1) is 7.84. The highest BCUT2D eigenvalue weighted by Crippen LogP contribution is 2.41. The molecule has 17 heavy (non-hydrogen) atoms. The van der Waals surface area contributed by atoms with Gasteiger partial charge < -0.3 is 9.31 Å². The van der Waals surface area contributed by atoms with E-state index in [-0.39, 0.29) is 18.3 Å². The quantitative estimate of drug-likeness (QED) is 0.504. The molecule has 0 bridgehead atoms. The molecule has 1 rings (SSSR count). The first-order valence-corrected chi connectivity index (χ1v) is 7.19. The molecule has 2 nitrogen and oxygen atoms in total. The number of hydrogen-bond donors (Lipinski definition) is 0. The van der Waals surface area contributed by atoms with E-state index in [1.807, 2.05) is 0 Å². The van der Waals surface area contributed by atoms with E-state index >= 15 is 0 Å². The Kier molecular flexibility index (Phi) is 5.09. The summed E-state index contributed by atoms with van der Waals surface area (Å²) in [6.45, 7) is 13.0. The van der Waals surface area contributed by atoms with E-state index in [2.05, 4.69) is 41.5 Å². The predicted molar refractivity (Wildman–Crippen MR) is 74.3 cm³/mol. The number of unbranched alkanes of at least 4 members (excludes halogenated alkanes) is 2. The van der Waals surface area contributed by atoms with E-state index in [0.717, 1.165) is 6.42 Å². The molecule has 3 heteroatoms. The molecule has 0 spiro atoms. The smallest absolute Gasteiger partial charge is 0.403 e. The van der Waals surface area contributed by atoms with Crippen LogP contribution >= 0.6 is 0 Å². The van der Waals surface area contributed by atoms with Crippen LogP contribution in [0.5, 0.6) is 0 Å². The summed E-state index contributed by atoms with van der Waals surface area (Å²) in [4.78, 5) is 0. The molecule has 0 saturated carbocycles. The molecule has 1 saturated heterocycles. The molecule has 1 unspecified atom stereocenters. The maximum atomic E-state index is 6.13. The molecule has 0 aromatic rings. The highest BCUT2D eigenvalue weighted by atomic mass is 16.7. The zero-order valence-corrected chi connectivity index (χ0v) is 12.5. The normalized spacial score (nSPS) is 24.0. The Balaban J connectivity index is 2.55. The first-order valence-electron chi connectivity index (χ1n) is 7.19. The average Bonchev–Trinajstić information content (AvgIpc) is 2.43. The summed E-state index contributed by atoms with van der Waals surface area (Å²) in [7, 11) is -0.0122. The SMILES string of the molecule is CCCCCC(CC)B1OC(C)(C)C(C)(C)O1. The van der Waals surface area contributed by atoms with Crippen molar-refractivity contribution in [3.8, 4) is 0 Å². The van der Waals surface area contributed by atoms with Crippen molar-refractivity contribution in [1.82, 2.24) is 0 Å². The van der Waals surface area contributed by atoms with Crippen molar-refractivity contribution < 1.29 is 9.31 Å². The van der Waals surface area contributed by atoms with Gasteiger partial charge in [-0.15, -0.1) is 0 Å². The molecule has 0 amide bonds. The summed E-state index contributed by atoms with van der Waals surface area (Å²) in [6, 6.07) is 0. The lowest BCUT2D eigenvalue weighted by Crippen LogP contribution is -2.41. The van der Waals surface area contributed by atoms with Gasteiger partial charge in [0.05, 0.1) is 11.2 Å². The second-order valence-corrected chi connectivity index (χ2v) is 6.29. The molecule has 1 aliphatic rings. The molecule has 0 N–H and O–H groups in total. The molecule has 0 aromatic carbocycles. The van der Waals surface area contributed by atoms with Gasteiger partial charge in [-0.1, -0.05) is 46.0 Å². The Bertz CT molecular complexity index is 222. The minimum Gasteiger partial charge on any atom is -0.403 e. The average molecular weight is 240 g/mol. The molecular formula is C14H29BO2. The summed E-state index contributed by atoms with van der Waals surface area (Å²) < 4.78 is 12.3. The van der Waals surface area contributed by atoms with Crippen molar-refractivity contribution in [2.75, 3.05) is 0 Å². The van der Waals surface area contributed by atoms with Crippen LogP contribution in [0.1, 0.15) is 73.6 Å². The topological polar surface area (TPSA) is 18.5 Å². The molecule has 1 heterocycles. The van der Waals surface area contributed by atoms with Gasteiger partial charge in [-0.2, -0.15) is 0 Å². The van der Waals surface area contributed by atoms with Gasteiger partial charge >= 0.3 is 7.12 Å². The highest BCUT2D eigenvalue weighted by Gasteiger charge is 2.52. The Morgan fingerprint density at radius 1 is 0.941 bits per heavy atom. The Hall–Kier alpha value is -0.0151. The van der Waals surface area contributed by atoms with Crippen LogP contribution in [0.15, 0.2) is 0 Å². The molecule has 100 valence electrons. The van der Waals surface area contributed by atoms with Crippen molar-refractivity contribution in [3.05, 3.63) is 0 Å². The van der Waals surface area contributed by atoms with Crippen molar-refractivity contribution >= 4 is 7.12 Å². The van der Waals surface area contributed by atoms with E-state index in [1.165, 1.54) is 25.7 Å². The van der Waals surface area contributed by atoms with Crippen LogP contribution in [-0.2, 0) is 9.31 Å². The van der Waals surface area contributed by atoms with E-state index in [9.17, 15) is 0 Å². The third kappa shape index (κ3) is 3.48. The van der Waals surface area contributed by atoms with Crippen LogP contribution in [0, 0.1) is 0 Å². The van der Waals surface area contributed by atoms with Crippen LogP contribution in [0.25, 0.3) is 0 Å². The fourth-order valence-electron chi connectivity index (χ4n) is 2.27. The minimum atomic E-state index is -0.185. The van der Waals surface area contributed by atoms with Gasteiger partial charge in [-0.25, -0.2) is 0 Å². The van der Waals surface area contributed by atoms with Gasteiger partial charge in [0, 0.05) is 0 Å². The fraction of sp³-hybridized carbons (Fsp3) is 1.00. The lowest BCUT2D eigenvalue weighted by molar-refractivity contribution is 0.00578. The summed E-state index contributed by atoms with van der Waals surface area (Å²) in [5.41, 5.74) is -0.369. The summed E-state index contributed by atoms with van der Waals surface area (Å²) in [6.07, 6.45) is 6.25. The molecule has 0 aromatic heterocycles. The van der Waals surface area contributed by atoms with Gasteiger partial charge in [0.1, 0.15) is 0 Å². The van der Waals surface area contributed by atoms with Gasteiger partial charge in [0.2, 0.25) is 0 Å². The zero-order valence-electron chi connectivity index (χ0n) is 12.5. The van der Waals surface area contributed by atoms with Crippen LogP contribution < -0.4 is 0 Å². The monoisotopic (exact) mass is 240 g/mol. The lowest BCUT2D eigenvalue weighted by Gasteiger charge is -2.32. The molecule has 1 fully saturated rings. The van der Waals surface area contributed by atoms with Crippen molar-refractivity contribution in [2.45, 2.75) is 90.7 Å². The Morgan fingerprint density at radius 3 is 1.88 bits per heavy atom. The van der Waals surface area contributed by atoms with Crippen LogP contribution in [0.2, 0.25) is 5.82 Å². The summed E-state index contributed by atoms with van der Waals surface area (Å²) in [5, 5.41) is 0. The third-order valence-corrected chi connectivity index (χ3v) is 4.36. The minimum absolute atomic E-state index is 0.0122. The van der Waals surface area contributed by atoms with Gasteiger partial charge in [0.15, 0.2) is 0 Å². The van der Waals surface area contributed by atoms with E-state index in [0.29, 0.717) is 5.82 Å². The maximum Gasteiger partial charge on any atom is 0.461 e. The van der Waals surface area contributed by atoms with Gasteiger partial charge in [-0.05, 0) is 33.5 Å². The predicted octanol–water partition coefficient (Wildman–Crippen LogP) is 4.44. The zero-order chi connectivity index (χ0) is 13.1. The van der Waals surface area contributed by atoms with E-state index < -0.39 is 0 Å².